The molecule has 4 heteroatoms. The van der Waals surface area contributed by atoms with Crippen LogP contribution in [0.15, 0.2) is 85.1 Å². The molecule has 0 spiro atoms. The van der Waals surface area contributed by atoms with E-state index in [-0.39, 0.29) is 12.5 Å². The van der Waals surface area contributed by atoms with Crippen LogP contribution in [0.2, 0.25) is 0 Å². The number of carbonyl (C=O) groups excluding carboxylic acids is 1. The number of hydrogen-bond donors (Lipinski definition) is 3. The number of nitrogens with one attached hydrogen (secondary N) is 1. The van der Waals surface area contributed by atoms with Crippen molar-refractivity contribution in [2.45, 2.75) is 321 Å². The minimum atomic E-state index is -0.872. The second-order valence-electron chi connectivity index (χ2n) is 20.7. The monoisotopic (exact) mass is 974 g/mol. The van der Waals surface area contributed by atoms with Crippen LogP contribution in [0.1, 0.15) is 309 Å². The summed E-state index contributed by atoms with van der Waals surface area (Å²) in [5.41, 5.74) is 0. The number of amides is 1. The van der Waals surface area contributed by atoms with Crippen molar-refractivity contribution < 1.29 is 15.0 Å². The van der Waals surface area contributed by atoms with Gasteiger partial charge in [0.2, 0.25) is 5.91 Å². The van der Waals surface area contributed by atoms with Gasteiger partial charge in [-0.15, -0.1) is 0 Å². The van der Waals surface area contributed by atoms with E-state index >= 15 is 0 Å². The summed E-state index contributed by atoms with van der Waals surface area (Å²) in [5.74, 6) is -0.0745. The van der Waals surface area contributed by atoms with Gasteiger partial charge in [0.25, 0.3) is 0 Å². The predicted octanol–water partition coefficient (Wildman–Crippen LogP) is 20.7. The molecule has 0 aliphatic heterocycles. The standard InChI is InChI=1S/C66H119NO3/c1-3-5-7-9-11-13-15-17-19-21-23-24-25-26-27-28-29-30-31-32-33-34-35-36-37-38-39-40-41-42-44-46-48-50-52-54-56-58-60-62-66(70)67-64(63-68)65(69)61-59-57-55-53-51-49-47-45-43-22-20-18-16-14-12-10-8-6-4-2/h5,7,11,13,17,19,23-24,43,45,51,53,59,61,64-65,68-69H,3-4,6,8-10,12,14-16,18,20-22,25-42,44,46-50,52,54-58,60,62-63H2,1-2H3,(H,67,70)/b7-5-,13-11-,19-17-,24-23-,45-43+,53-51+,61-59+. The Morgan fingerprint density at radius 1 is 0.357 bits per heavy atom. The molecule has 0 saturated heterocycles. The fourth-order valence-electron chi connectivity index (χ4n) is 9.20. The normalized spacial score (nSPS) is 13.4. The fourth-order valence-corrected chi connectivity index (χ4v) is 9.20. The van der Waals surface area contributed by atoms with E-state index in [0.29, 0.717) is 6.42 Å². The van der Waals surface area contributed by atoms with Gasteiger partial charge in [-0.3, -0.25) is 4.79 Å². The van der Waals surface area contributed by atoms with Crippen molar-refractivity contribution >= 4 is 5.91 Å². The molecular formula is C66H119NO3. The largest absolute Gasteiger partial charge is 0.394 e. The lowest BCUT2D eigenvalue weighted by Crippen LogP contribution is -2.45. The van der Waals surface area contributed by atoms with Crippen molar-refractivity contribution in [3.8, 4) is 0 Å². The lowest BCUT2D eigenvalue weighted by molar-refractivity contribution is -0.123. The molecule has 0 fully saturated rings. The predicted molar refractivity (Wildman–Crippen MR) is 313 cm³/mol. The Hall–Kier alpha value is -2.43. The highest BCUT2D eigenvalue weighted by Gasteiger charge is 2.18. The van der Waals surface area contributed by atoms with Gasteiger partial charge in [0.15, 0.2) is 0 Å². The van der Waals surface area contributed by atoms with Gasteiger partial charge < -0.3 is 15.5 Å². The van der Waals surface area contributed by atoms with Crippen LogP contribution >= 0.6 is 0 Å². The minimum absolute atomic E-state index is 0.0745. The third-order valence-corrected chi connectivity index (χ3v) is 13.8. The molecule has 0 aliphatic rings. The Morgan fingerprint density at radius 3 is 1.00 bits per heavy atom. The molecular weight excluding hydrogens is 855 g/mol. The third-order valence-electron chi connectivity index (χ3n) is 13.8. The maximum absolute atomic E-state index is 12.5. The highest BCUT2D eigenvalue weighted by molar-refractivity contribution is 5.76. The molecule has 0 aromatic carbocycles. The average Bonchev–Trinajstić information content (AvgIpc) is 3.36. The third kappa shape index (κ3) is 56.5. The molecule has 0 heterocycles. The first kappa shape index (κ1) is 67.6. The molecule has 3 N–H and O–H groups in total. The highest BCUT2D eigenvalue weighted by atomic mass is 16.3. The lowest BCUT2D eigenvalue weighted by atomic mass is 10.0. The molecule has 70 heavy (non-hydrogen) atoms. The van der Waals surface area contributed by atoms with E-state index in [2.05, 4.69) is 92.1 Å². The molecule has 2 atom stereocenters. The van der Waals surface area contributed by atoms with Crippen LogP contribution in [-0.2, 0) is 4.79 Å². The summed E-state index contributed by atoms with van der Waals surface area (Å²) in [7, 11) is 0. The van der Waals surface area contributed by atoms with Crippen LogP contribution < -0.4 is 5.32 Å². The smallest absolute Gasteiger partial charge is 0.220 e. The van der Waals surface area contributed by atoms with Crippen molar-refractivity contribution in [3.05, 3.63) is 85.1 Å². The molecule has 0 aliphatic carbocycles. The van der Waals surface area contributed by atoms with Gasteiger partial charge in [-0.05, 0) is 83.5 Å². The van der Waals surface area contributed by atoms with E-state index in [4.69, 9.17) is 0 Å². The van der Waals surface area contributed by atoms with Crippen LogP contribution in [0.25, 0.3) is 0 Å². The average molecular weight is 975 g/mol. The highest BCUT2D eigenvalue weighted by Crippen LogP contribution is 2.17. The fraction of sp³-hybridized carbons (Fsp3) is 0.773. The summed E-state index contributed by atoms with van der Waals surface area (Å²) in [5, 5.41) is 23.1. The van der Waals surface area contributed by atoms with E-state index in [1.165, 1.54) is 225 Å². The molecule has 1 amide bonds. The van der Waals surface area contributed by atoms with Crippen LogP contribution in [-0.4, -0.2) is 34.9 Å². The van der Waals surface area contributed by atoms with Gasteiger partial charge in [0.1, 0.15) is 0 Å². The molecule has 0 aromatic heterocycles. The Kier molecular flexibility index (Phi) is 58.8. The topological polar surface area (TPSA) is 69.6 Å². The van der Waals surface area contributed by atoms with Crippen LogP contribution in [0.4, 0.5) is 0 Å². The number of allylic oxidation sites excluding steroid dienone is 13. The zero-order chi connectivity index (χ0) is 50.6. The van der Waals surface area contributed by atoms with Crippen molar-refractivity contribution in [1.29, 1.82) is 0 Å². The molecule has 0 bridgehead atoms. The van der Waals surface area contributed by atoms with Gasteiger partial charge in [-0.2, -0.15) is 0 Å². The summed E-state index contributed by atoms with van der Waals surface area (Å²) in [6, 6.07) is -0.647. The first-order valence-electron chi connectivity index (χ1n) is 30.8. The van der Waals surface area contributed by atoms with E-state index < -0.39 is 12.1 Å². The number of unbranched alkanes of at least 4 members (excludes halogenated alkanes) is 37. The molecule has 0 rings (SSSR count). The Morgan fingerprint density at radius 2 is 0.643 bits per heavy atom. The van der Waals surface area contributed by atoms with Crippen molar-refractivity contribution in [3.63, 3.8) is 0 Å². The Labute approximate surface area is 437 Å². The summed E-state index contributed by atoms with van der Waals surface area (Å²) >= 11 is 0. The van der Waals surface area contributed by atoms with Crippen LogP contribution in [0.5, 0.6) is 0 Å². The van der Waals surface area contributed by atoms with Gasteiger partial charge in [-0.1, -0.05) is 304 Å². The van der Waals surface area contributed by atoms with Crippen molar-refractivity contribution in [2.75, 3.05) is 6.61 Å². The molecule has 0 aromatic rings. The Balaban J connectivity index is 3.45. The zero-order valence-electron chi connectivity index (χ0n) is 46.8. The first-order valence-corrected chi connectivity index (χ1v) is 30.8. The lowest BCUT2D eigenvalue weighted by Gasteiger charge is -2.19. The number of rotatable bonds is 56. The van der Waals surface area contributed by atoms with Crippen LogP contribution in [0.3, 0.4) is 0 Å². The minimum Gasteiger partial charge on any atom is -0.394 e. The molecule has 0 radical (unpaired) electrons. The molecule has 4 nitrogen and oxygen atoms in total. The SMILES string of the molecule is CC/C=C\C/C=C\C/C=C\C/C=C\CCCCCCCCCCCCCCCCCCCCCCCCCCCCC(=O)NC(CO)C(O)/C=C/CC/C=C/CC/C=C/CCCCCCCCCCC. The van der Waals surface area contributed by atoms with Gasteiger partial charge >= 0.3 is 0 Å². The van der Waals surface area contributed by atoms with E-state index in [0.717, 1.165) is 64.2 Å². The summed E-state index contributed by atoms with van der Waals surface area (Å²) in [6.45, 7) is 4.19. The summed E-state index contributed by atoms with van der Waals surface area (Å²) < 4.78 is 0. The van der Waals surface area contributed by atoms with Crippen LogP contribution in [0, 0.1) is 0 Å². The van der Waals surface area contributed by atoms with E-state index in [9.17, 15) is 15.0 Å². The Bertz CT molecular complexity index is 1240. The number of aliphatic hydroxyl groups excluding tert-OH is 2. The maximum atomic E-state index is 12.5. The van der Waals surface area contributed by atoms with Gasteiger partial charge in [-0.25, -0.2) is 0 Å². The quantitative estimate of drug-likeness (QED) is 0.0420. The van der Waals surface area contributed by atoms with E-state index in [1.807, 2.05) is 6.08 Å². The number of carbonyl (C=O) groups is 1. The summed E-state index contributed by atoms with van der Waals surface area (Å²) in [4.78, 5) is 12.5. The van der Waals surface area contributed by atoms with Gasteiger partial charge in [0, 0.05) is 6.42 Å². The van der Waals surface area contributed by atoms with Crippen molar-refractivity contribution in [1.82, 2.24) is 5.32 Å². The molecule has 0 saturated carbocycles. The second-order valence-corrected chi connectivity index (χ2v) is 20.7. The summed E-state index contributed by atoms with van der Waals surface area (Å²) in [6.07, 6.45) is 89.2. The number of aliphatic hydroxyl groups is 2. The zero-order valence-corrected chi connectivity index (χ0v) is 46.8. The van der Waals surface area contributed by atoms with Crippen molar-refractivity contribution in [2.24, 2.45) is 0 Å². The molecule has 406 valence electrons. The van der Waals surface area contributed by atoms with Gasteiger partial charge in [0.05, 0.1) is 18.8 Å². The maximum Gasteiger partial charge on any atom is 0.220 e. The molecule has 2 unspecified atom stereocenters. The van der Waals surface area contributed by atoms with E-state index in [1.54, 1.807) is 6.08 Å². The second kappa shape index (κ2) is 60.9. The number of hydrogen-bond acceptors (Lipinski definition) is 3. The first-order chi connectivity index (χ1) is 34.7.